The maximum absolute atomic E-state index is 12.8. The first-order valence-electron chi connectivity index (χ1n) is 8.47. The van der Waals surface area contributed by atoms with E-state index < -0.39 is 0 Å². The van der Waals surface area contributed by atoms with Gasteiger partial charge in [0.25, 0.3) is 0 Å². The van der Waals surface area contributed by atoms with E-state index in [0.717, 1.165) is 17.5 Å². The minimum absolute atomic E-state index is 0.0324. The van der Waals surface area contributed by atoms with Crippen molar-refractivity contribution in [1.29, 1.82) is 0 Å². The standard InChI is InChI=1S/C20H20ClN3O2/c1-3-17(14-7-5-4-6-8-14)20(25)24(2)13-18-22-19(23-26-18)15-9-11-16(21)12-10-15/h4-12,17H,3,13H2,1-2H3. The molecule has 3 rings (SSSR count). The summed E-state index contributed by atoms with van der Waals surface area (Å²) in [5.74, 6) is 0.728. The predicted octanol–water partition coefficient (Wildman–Crippen LogP) is 4.54. The van der Waals surface area contributed by atoms with Crippen molar-refractivity contribution in [2.75, 3.05) is 7.05 Å². The molecule has 0 saturated carbocycles. The Morgan fingerprint density at radius 2 is 1.85 bits per heavy atom. The largest absolute Gasteiger partial charge is 0.337 e. The molecule has 0 aliphatic heterocycles. The van der Waals surface area contributed by atoms with Crippen LogP contribution in [0, 0.1) is 0 Å². The number of hydrogen-bond donors (Lipinski definition) is 0. The molecule has 2 aromatic carbocycles. The second-order valence-corrected chi connectivity index (χ2v) is 6.52. The molecule has 3 aromatic rings. The monoisotopic (exact) mass is 369 g/mol. The van der Waals surface area contributed by atoms with Crippen molar-refractivity contribution < 1.29 is 9.32 Å². The molecule has 0 bridgehead atoms. The van der Waals surface area contributed by atoms with Crippen molar-refractivity contribution in [3.05, 3.63) is 71.1 Å². The van der Waals surface area contributed by atoms with E-state index in [9.17, 15) is 4.79 Å². The first-order valence-corrected chi connectivity index (χ1v) is 8.84. The highest BCUT2D eigenvalue weighted by molar-refractivity contribution is 6.30. The summed E-state index contributed by atoms with van der Waals surface area (Å²) >= 11 is 5.89. The molecule has 0 fully saturated rings. The van der Waals surface area contributed by atoms with Crippen LogP contribution in [0.3, 0.4) is 0 Å². The lowest BCUT2D eigenvalue weighted by Gasteiger charge is -2.22. The van der Waals surface area contributed by atoms with Crippen LogP contribution in [-0.4, -0.2) is 28.0 Å². The van der Waals surface area contributed by atoms with Crippen LogP contribution >= 0.6 is 11.6 Å². The van der Waals surface area contributed by atoms with Gasteiger partial charge in [0.15, 0.2) is 0 Å². The molecule has 1 amide bonds. The number of amides is 1. The fraction of sp³-hybridized carbons (Fsp3) is 0.250. The number of benzene rings is 2. The molecule has 0 spiro atoms. The zero-order valence-electron chi connectivity index (χ0n) is 14.7. The van der Waals surface area contributed by atoms with Crippen LogP contribution in [0.25, 0.3) is 11.4 Å². The highest BCUT2D eigenvalue weighted by Gasteiger charge is 2.23. The summed E-state index contributed by atoms with van der Waals surface area (Å²) in [6.45, 7) is 2.28. The van der Waals surface area contributed by atoms with Crippen molar-refractivity contribution in [2.45, 2.75) is 25.8 Å². The van der Waals surface area contributed by atoms with Gasteiger partial charge in [-0.05, 0) is 36.2 Å². The molecule has 6 heteroatoms. The third kappa shape index (κ3) is 4.11. The van der Waals surface area contributed by atoms with Crippen LogP contribution in [0.15, 0.2) is 59.1 Å². The van der Waals surface area contributed by atoms with Gasteiger partial charge in [-0.15, -0.1) is 0 Å². The molecule has 0 radical (unpaired) electrons. The van der Waals surface area contributed by atoms with E-state index in [1.807, 2.05) is 49.4 Å². The van der Waals surface area contributed by atoms with E-state index in [2.05, 4.69) is 10.1 Å². The summed E-state index contributed by atoms with van der Waals surface area (Å²) < 4.78 is 5.30. The average molecular weight is 370 g/mol. The third-order valence-electron chi connectivity index (χ3n) is 4.23. The molecular formula is C20H20ClN3O2. The summed E-state index contributed by atoms with van der Waals surface area (Å²) in [5, 5.41) is 4.63. The van der Waals surface area contributed by atoms with Gasteiger partial charge in [0, 0.05) is 17.6 Å². The zero-order chi connectivity index (χ0) is 18.5. The molecule has 26 heavy (non-hydrogen) atoms. The number of aromatic nitrogens is 2. The molecule has 1 unspecified atom stereocenters. The van der Waals surface area contributed by atoms with Crippen molar-refractivity contribution >= 4 is 17.5 Å². The summed E-state index contributed by atoms with van der Waals surface area (Å²) in [6, 6.07) is 17.0. The number of likely N-dealkylation sites (N-methyl/N-ethyl adjacent to an activating group) is 1. The Kier molecular flexibility index (Phi) is 5.68. The van der Waals surface area contributed by atoms with Crippen LogP contribution < -0.4 is 0 Å². The second kappa shape index (κ2) is 8.15. The molecule has 134 valence electrons. The molecule has 1 atom stereocenters. The first-order chi connectivity index (χ1) is 12.6. The SMILES string of the molecule is CCC(C(=O)N(C)Cc1nc(-c2ccc(Cl)cc2)no1)c1ccccc1. The Morgan fingerprint density at radius 3 is 2.50 bits per heavy atom. The van der Waals surface area contributed by atoms with Gasteiger partial charge in [-0.3, -0.25) is 4.79 Å². The van der Waals surface area contributed by atoms with Crippen molar-refractivity contribution in [3.63, 3.8) is 0 Å². The van der Waals surface area contributed by atoms with Gasteiger partial charge in [0.2, 0.25) is 17.6 Å². The molecule has 1 heterocycles. The summed E-state index contributed by atoms with van der Waals surface area (Å²) in [5.41, 5.74) is 1.83. The Balaban J connectivity index is 1.70. The smallest absolute Gasteiger partial charge is 0.246 e. The van der Waals surface area contributed by atoms with Crippen LogP contribution in [0.5, 0.6) is 0 Å². The van der Waals surface area contributed by atoms with Gasteiger partial charge >= 0.3 is 0 Å². The molecule has 0 N–H and O–H groups in total. The van der Waals surface area contributed by atoms with Crippen LogP contribution in [-0.2, 0) is 11.3 Å². The number of rotatable bonds is 6. The zero-order valence-corrected chi connectivity index (χ0v) is 15.5. The normalized spacial score (nSPS) is 12.0. The Hall–Kier alpha value is -2.66. The summed E-state index contributed by atoms with van der Waals surface area (Å²) in [6.07, 6.45) is 0.729. The highest BCUT2D eigenvalue weighted by Crippen LogP contribution is 2.23. The quantitative estimate of drug-likeness (QED) is 0.640. The highest BCUT2D eigenvalue weighted by atomic mass is 35.5. The number of hydrogen-bond acceptors (Lipinski definition) is 4. The van der Waals surface area contributed by atoms with Crippen LogP contribution in [0.2, 0.25) is 5.02 Å². The van der Waals surface area contributed by atoms with E-state index in [1.54, 1.807) is 24.1 Å². The lowest BCUT2D eigenvalue weighted by atomic mass is 9.95. The van der Waals surface area contributed by atoms with Gasteiger partial charge in [-0.2, -0.15) is 4.98 Å². The van der Waals surface area contributed by atoms with Gasteiger partial charge < -0.3 is 9.42 Å². The van der Waals surface area contributed by atoms with E-state index in [4.69, 9.17) is 16.1 Å². The maximum Gasteiger partial charge on any atom is 0.246 e. The van der Waals surface area contributed by atoms with Crippen LogP contribution in [0.4, 0.5) is 0 Å². The molecular weight excluding hydrogens is 350 g/mol. The second-order valence-electron chi connectivity index (χ2n) is 6.08. The summed E-state index contributed by atoms with van der Waals surface area (Å²) in [4.78, 5) is 18.8. The van der Waals surface area contributed by atoms with Crippen molar-refractivity contribution in [1.82, 2.24) is 15.0 Å². The minimum Gasteiger partial charge on any atom is -0.337 e. The molecule has 0 aliphatic carbocycles. The fourth-order valence-corrected chi connectivity index (χ4v) is 2.95. The number of nitrogens with zero attached hydrogens (tertiary/aromatic N) is 3. The Morgan fingerprint density at radius 1 is 1.15 bits per heavy atom. The van der Waals surface area contributed by atoms with Crippen molar-refractivity contribution in [3.8, 4) is 11.4 Å². The third-order valence-corrected chi connectivity index (χ3v) is 4.48. The Labute approximate surface area is 157 Å². The number of halogens is 1. The molecule has 0 saturated heterocycles. The first kappa shape index (κ1) is 18.1. The maximum atomic E-state index is 12.8. The van der Waals surface area contributed by atoms with Gasteiger partial charge in [0.05, 0.1) is 12.5 Å². The van der Waals surface area contributed by atoms with E-state index in [-0.39, 0.29) is 18.4 Å². The van der Waals surface area contributed by atoms with E-state index in [1.165, 1.54) is 0 Å². The predicted molar refractivity (Wildman–Crippen MR) is 101 cm³/mol. The van der Waals surface area contributed by atoms with Gasteiger partial charge in [-0.25, -0.2) is 0 Å². The average Bonchev–Trinajstić information content (AvgIpc) is 3.12. The number of carbonyl (C=O) groups is 1. The van der Waals surface area contributed by atoms with Crippen molar-refractivity contribution in [2.24, 2.45) is 0 Å². The topological polar surface area (TPSA) is 59.2 Å². The van der Waals surface area contributed by atoms with E-state index >= 15 is 0 Å². The minimum atomic E-state index is -0.181. The number of carbonyl (C=O) groups excluding carboxylic acids is 1. The molecule has 0 aliphatic rings. The van der Waals surface area contributed by atoms with Gasteiger partial charge in [0.1, 0.15) is 0 Å². The Bertz CT molecular complexity index is 862. The van der Waals surface area contributed by atoms with Gasteiger partial charge in [-0.1, -0.05) is 54.0 Å². The van der Waals surface area contributed by atoms with Crippen LogP contribution in [0.1, 0.15) is 30.7 Å². The molecule has 5 nitrogen and oxygen atoms in total. The lowest BCUT2D eigenvalue weighted by Crippen LogP contribution is -2.31. The van der Waals surface area contributed by atoms with E-state index in [0.29, 0.717) is 16.7 Å². The molecule has 1 aromatic heterocycles. The lowest BCUT2D eigenvalue weighted by molar-refractivity contribution is -0.132. The summed E-state index contributed by atoms with van der Waals surface area (Å²) in [7, 11) is 1.75. The fourth-order valence-electron chi connectivity index (χ4n) is 2.82.